The molecule has 1 aromatic heterocycles. The Balaban J connectivity index is 1.83. The average Bonchev–Trinajstić information content (AvgIpc) is 2.84. The van der Waals surface area contributed by atoms with E-state index in [0.717, 1.165) is 19.5 Å². The zero-order chi connectivity index (χ0) is 10.7. The van der Waals surface area contributed by atoms with Crippen LogP contribution in [-0.4, -0.2) is 29.8 Å². The summed E-state index contributed by atoms with van der Waals surface area (Å²) < 4.78 is 0. The molecule has 1 aliphatic rings. The minimum atomic E-state index is 0.260. The van der Waals surface area contributed by atoms with Gasteiger partial charge in [0.2, 0.25) is 5.91 Å². The molecular formula is C11H14ClNOS. The van der Waals surface area contributed by atoms with E-state index in [9.17, 15) is 4.79 Å². The van der Waals surface area contributed by atoms with Gasteiger partial charge in [0, 0.05) is 25.4 Å². The fourth-order valence-electron chi connectivity index (χ4n) is 1.87. The predicted octanol–water partition coefficient (Wildman–Crippen LogP) is 2.38. The maximum absolute atomic E-state index is 11.6. The molecule has 2 heterocycles. The van der Waals surface area contributed by atoms with Gasteiger partial charge in [-0.25, -0.2) is 0 Å². The third kappa shape index (κ3) is 2.73. The van der Waals surface area contributed by atoms with Gasteiger partial charge in [-0.1, -0.05) is 0 Å². The van der Waals surface area contributed by atoms with Crippen molar-refractivity contribution in [2.24, 2.45) is 5.92 Å². The number of hydrogen-bond acceptors (Lipinski definition) is 2. The maximum Gasteiger partial charge on any atom is 0.222 e. The molecule has 1 aliphatic heterocycles. The normalized spacial score (nSPS) is 21.3. The van der Waals surface area contributed by atoms with Crippen LogP contribution in [0.3, 0.4) is 0 Å². The molecule has 0 spiro atoms. The van der Waals surface area contributed by atoms with Crippen molar-refractivity contribution in [2.45, 2.75) is 12.8 Å². The van der Waals surface area contributed by atoms with E-state index in [-0.39, 0.29) is 5.91 Å². The van der Waals surface area contributed by atoms with Crippen LogP contribution in [0.5, 0.6) is 0 Å². The third-order valence-corrected chi connectivity index (χ3v) is 3.93. The van der Waals surface area contributed by atoms with Gasteiger partial charge in [0.05, 0.1) is 0 Å². The van der Waals surface area contributed by atoms with E-state index in [1.807, 2.05) is 4.90 Å². The lowest BCUT2D eigenvalue weighted by atomic mass is 10.1. The molecule has 0 aromatic carbocycles. The Morgan fingerprint density at radius 2 is 2.47 bits per heavy atom. The summed E-state index contributed by atoms with van der Waals surface area (Å²) in [5, 5.41) is 4.21. The lowest BCUT2D eigenvalue weighted by molar-refractivity contribution is -0.127. The van der Waals surface area contributed by atoms with Crippen LogP contribution >= 0.6 is 22.9 Å². The Labute approximate surface area is 98.8 Å². The summed E-state index contributed by atoms with van der Waals surface area (Å²) in [6.45, 7) is 1.68. The number of halogens is 1. The van der Waals surface area contributed by atoms with E-state index < -0.39 is 0 Å². The minimum Gasteiger partial charge on any atom is -0.342 e. The van der Waals surface area contributed by atoms with E-state index in [4.69, 9.17) is 11.6 Å². The molecule has 1 atom stereocenters. The molecule has 82 valence electrons. The first kappa shape index (κ1) is 11.0. The van der Waals surface area contributed by atoms with Crippen LogP contribution in [0.25, 0.3) is 0 Å². The monoisotopic (exact) mass is 243 g/mol. The summed E-state index contributed by atoms with van der Waals surface area (Å²) in [4.78, 5) is 13.5. The zero-order valence-corrected chi connectivity index (χ0v) is 10.1. The SMILES string of the molecule is O=C1CC(CCl)CN1CCc1ccsc1. The van der Waals surface area contributed by atoms with Gasteiger partial charge in [-0.05, 0) is 34.7 Å². The van der Waals surface area contributed by atoms with Crippen LogP contribution in [0.2, 0.25) is 0 Å². The van der Waals surface area contributed by atoms with Gasteiger partial charge in [0.15, 0.2) is 0 Å². The van der Waals surface area contributed by atoms with Gasteiger partial charge >= 0.3 is 0 Å². The largest absolute Gasteiger partial charge is 0.342 e. The predicted molar refractivity (Wildman–Crippen MR) is 63.4 cm³/mol. The highest BCUT2D eigenvalue weighted by Gasteiger charge is 2.28. The van der Waals surface area contributed by atoms with Crippen LogP contribution in [0, 0.1) is 5.92 Å². The molecule has 0 bridgehead atoms. The van der Waals surface area contributed by atoms with Gasteiger partial charge in [0.1, 0.15) is 0 Å². The molecule has 1 amide bonds. The molecule has 1 aromatic rings. The first-order valence-electron chi connectivity index (χ1n) is 5.14. The Morgan fingerprint density at radius 3 is 3.07 bits per heavy atom. The molecule has 1 fully saturated rings. The lowest BCUT2D eigenvalue weighted by Crippen LogP contribution is -2.27. The molecule has 2 rings (SSSR count). The number of alkyl halides is 1. The molecule has 1 saturated heterocycles. The summed E-state index contributed by atoms with van der Waals surface area (Å²) in [6, 6.07) is 2.12. The van der Waals surface area contributed by atoms with Crippen LogP contribution in [-0.2, 0) is 11.2 Å². The summed E-state index contributed by atoms with van der Waals surface area (Å²) in [5.41, 5.74) is 1.32. The minimum absolute atomic E-state index is 0.260. The van der Waals surface area contributed by atoms with Crippen LogP contribution in [0.4, 0.5) is 0 Å². The number of rotatable bonds is 4. The van der Waals surface area contributed by atoms with Crippen molar-refractivity contribution in [3.8, 4) is 0 Å². The van der Waals surface area contributed by atoms with E-state index in [2.05, 4.69) is 16.8 Å². The number of nitrogens with zero attached hydrogens (tertiary/aromatic N) is 1. The average molecular weight is 244 g/mol. The quantitative estimate of drug-likeness (QED) is 0.744. The molecule has 2 nitrogen and oxygen atoms in total. The number of carbonyl (C=O) groups is 1. The van der Waals surface area contributed by atoms with Crippen molar-refractivity contribution in [2.75, 3.05) is 19.0 Å². The van der Waals surface area contributed by atoms with Crippen LogP contribution < -0.4 is 0 Å². The smallest absolute Gasteiger partial charge is 0.222 e. The standard InChI is InChI=1S/C11H14ClNOS/c12-6-10-5-11(14)13(7-10)3-1-9-2-4-15-8-9/h2,4,8,10H,1,3,5-7H2. The first-order chi connectivity index (χ1) is 7.29. The highest BCUT2D eigenvalue weighted by atomic mass is 35.5. The van der Waals surface area contributed by atoms with Gasteiger partial charge in [-0.2, -0.15) is 11.3 Å². The highest BCUT2D eigenvalue weighted by Crippen LogP contribution is 2.19. The van der Waals surface area contributed by atoms with Crippen LogP contribution in [0.15, 0.2) is 16.8 Å². The van der Waals surface area contributed by atoms with Gasteiger partial charge in [-0.15, -0.1) is 11.6 Å². The van der Waals surface area contributed by atoms with Crippen molar-refractivity contribution in [1.82, 2.24) is 4.90 Å². The summed E-state index contributed by atoms with van der Waals surface area (Å²) >= 11 is 7.46. The number of thiophene rings is 1. The van der Waals surface area contributed by atoms with Gasteiger partial charge < -0.3 is 4.90 Å². The molecule has 15 heavy (non-hydrogen) atoms. The second-order valence-electron chi connectivity index (χ2n) is 3.95. The second-order valence-corrected chi connectivity index (χ2v) is 5.03. The molecule has 4 heteroatoms. The van der Waals surface area contributed by atoms with Gasteiger partial charge in [-0.3, -0.25) is 4.79 Å². The topological polar surface area (TPSA) is 20.3 Å². The van der Waals surface area contributed by atoms with Crippen molar-refractivity contribution < 1.29 is 4.79 Å². The van der Waals surface area contributed by atoms with Crippen molar-refractivity contribution in [1.29, 1.82) is 0 Å². The molecule has 1 unspecified atom stereocenters. The zero-order valence-electron chi connectivity index (χ0n) is 8.49. The fourth-order valence-corrected chi connectivity index (χ4v) is 2.78. The number of likely N-dealkylation sites (tertiary alicyclic amines) is 1. The van der Waals surface area contributed by atoms with E-state index in [0.29, 0.717) is 18.2 Å². The Hall–Kier alpha value is -0.540. The molecule has 0 radical (unpaired) electrons. The first-order valence-corrected chi connectivity index (χ1v) is 6.62. The van der Waals surface area contributed by atoms with E-state index >= 15 is 0 Å². The lowest BCUT2D eigenvalue weighted by Gasteiger charge is -2.15. The Kier molecular flexibility index (Phi) is 3.65. The molecular weight excluding hydrogens is 230 g/mol. The van der Waals surface area contributed by atoms with E-state index in [1.54, 1.807) is 11.3 Å². The number of hydrogen-bond donors (Lipinski definition) is 0. The molecule has 0 N–H and O–H groups in total. The fraction of sp³-hybridized carbons (Fsp3) is 0.545. The van der Waals surface area contributed by atoms with Crippen molar-refractivity contribution >= 4 is 28.8 Å². The summed E-state index contributed by atoms with van der Waals surface area (Å²) in [7, 11) is 0. The van der Waals surface area contributed by atoms with Crippen LogP contribution in [0.1, 0.15) is 12.0 Å². The summed E-state index contributed by atoms with van der Waals surface area (Å²) in [5.74, 6) is 1.22. The van der Waals surface area contributed by atoms with Crippen molar-refractivity contribution in [3.63, 3.8) is 0 Å². The van der Waals surface area contributed by atoms with Gasteiger partial charge in [0.25, 0.3) is 0 Å². The Bertz CT molecular complexity index is 325. The summed E-state index contributed by atoms with van der Waals surface area (Å²) in [6.07, 6.45) is 1.59. The number of amides is 1. The van der Waals surface area contributed by atoms with E-state index in [1.165, 1.54) is 5.56 Å². The second kappa shape index (κ2) is 4.99. The van der Waals surface area contributed by atoms with Crippen molar-refractivity contribution in [3.05, 3.63) is 22.4 Å². The third-order valence-electron chi connectivity index (χ3n) is 2.76. The molecule has 0 saturated carbocycles. The highest BCUT2D eigenvalue weighted by molar-refractivity contribution is 7.07. The number of carbonyl (C=O) groups excluding carboxylic acids is 1. The maximum atomic E-state index is 11.6. The molecule has 0 aliphatic carbocycles. The Morgan fingerprint density at radius 1 is 1.60 bits per heavy atom.